The van der Waals surface area contributed by atoms with Crippen LogP contribution in [0.5, 0.6) is 0 Å². The normalized spacial score (nSPS) is 26.6. The van der Waals surface area contributed by atoms with Crippen LogP contribution in [-0.2, 0) is 0 Å². The highest BCUT2D eigenvalue weighted by Crippen LogP contribution is 2.36. The van der Waals surface area contributed by atoms with Crippen molar-refractivity contribution in [3.63, 3.8) is 0 Å². The van der Waals surface area contributed by atoms with Gasteiger partial charge in [-0.3, -0.25) is 0 Å². The summed E-state index contributed by atoms with van der Waals surface area (Å²) in [5.74, 6) is 0.719. The molecule has 0 aromatic rings. The van der Waals surface area contributed by atoms with Crippen molar-refractivity contribution in [2.24, 2.45) is 11.3 Å². The minimum absolute atomic E-state index is 0.559. The fourth-order valence-electron chi connectivity index (χ4n) is 2.91. The second kappa shape index (κ2) is 5.50. The lowest BCUT2D eigenvalue weighted by atomic mass is 9.92. The van der Waals surface area contributed by atoms with Gasteiger partial charge in [0, 0.05) is 18.6 Å². The summed E-state index contributed by atoms with van der Waals surface area (Å²) in [5.41, 5.74) is 0.559. The van der Waals surface area contributed by atoms with Gasteiger partial charge in [-0.2, -0.15) is 0 Å². The maximum Gasteiger partial charge on any atom is 0.0237 e. The van der Waals surface area contributed by atoms with Crippen molar-refractivity contribution >= 4 is 0 Å². The van der Waals surface area contributed by atoms with Crippen molar-refractivity contribution < 1.29 is 0 Å². The van der Waals surface area contributed by atoms with Crippen LogP contribution in [0.1, 0.15) is 47.0 Å². The van der Waals surface area contributed by atoms with Crippen LogP contribution in [0.2, 0.25) is 0 Å². The molecule has 0 amide bonds. The summed E-state index contributed by atoms with van der Waals surface area (Å²) in [6.45, 7) is 10.5. The van der Waals surface area contributed by atoms with Gasteiger partial charge in [-0.05, 0) is 44.7 Å². The first-order valence-corrected chi connectivity index (χ1v) is 6.71. The molecule has 0 heterocycles. The maximum absolute atomic E-state index is 3.76. The first-order chi connectivity index (χ1) is 7.32. The van der Waals surface area contributed by atoms with Crippen LogP contribution in [0.3, 0.4) is 0 Å². The first-order valence-electron chi connectivity index (χ1n) is 6.71. The van der Waals surface area contributed by atoms with Crippen LogP contribution in [0, 0.1) is 11.3 Å². The third-order valence-electron chi connectivity index (χ3n) is 4.02. The van der Waals surface area contributed by atoms with E-state index in [0.29, 0.717) is 11.5 Å². The average molecular weight is 226 g/mol. The van der Waals surface area contributed by atoms with Gasteiger partial charge in [-0.25, -0.2) is 0 Å². The predicted molar refractivity (Wildman–Crippen MR) is 71.7 cm³/mol. The summed E-state index contributed by atoms with van der Waals surface area (Å²) in [5, 5.41) is 3.76. The monoisotopic (exact) mass is 226 g/mol. The fraction of sp³-hybridized carbons (Fsp3) is 1.00. The molecule has 2 unspecified atom stereocenters. The zero-order valence-electron chi connectivity index (χ0n) is 12.0. The Morgan fingerprint density at radius 1 is 1.31 bits per heavy atom. The average Bonchev–Trinajstić information content (AvgIpc) is 2.44. The fourth-order valence-corrected chi connectivity index (χ4v) is 2.91. The van der Waals surface area contributed by atoms with Gasteiger partial charge in [0.1, 0.15) is 0 Å². The Balaban J connectivity index is 2.34. The third-order valence-corrected chi connectivity index (χ3v) is 4.02. The second-order valence-electron chi connectivity index (χ2n) is 6.79. The largest absolute Gasteiger partial charge is 0.312 e. The lowest BCUT2D eigenvalue weighted by Gasteiger charge is -2.29. The number of hydrogen-bond donors (Lipinski definition) is 1. The molecule has 1 N–H and O–H groups in total. The molecule has 2 atom stereocenters. The zero-order valence-corrected chi connectivity index (χ0v) is 12.0. The third kappa shape index (κ3) is 4.06. The smallest absolute Gasteiger partial charge is 0.0237 e. The van der Waals surface area contributed by atoms with Crippen LogP contribution in [-0.4, -0.2) is 37.6 Å². The van der Waals surface area contributed by atoms with Gasteiger partial charge < -0.3 is 10.2 Å². The summed E-state index contributed by atoms with van der Waals surface area (Å²) in [4.78, 5) is 2.35. The summed E-state index contributed by atoms with van der Waals surface area (Å²) in [6, 6.07) is 1.40. The molecule has 1 aliphatic rings. The number of nitrogens with one attached hydrogen (secondary N) is 1. The number of rotatable bonds is 5. The van der Waals surface area contributed by atoms with Crippen molar-refractivity contribution in [2.75, 3.05) is 20.6 Å². The second-order valence-corrected chi connectivity index (χ2v) is 6.79. The van der Waals surface area contributed by atoms with Gasteiger partial charge in [-0.15, -0.1) is 0 Å². The lowest BCUT2D eigenvalue weighted by Crippen LogP contribution is -2.44. The minimum atomic E-state index is 0.559. The van der Waals surface area contributed by atoms with Crippen molar-refractivity contribution in [1.29, 1.82) is 0 Å². The van der Waals surface area contributed by atoms with E-state index in [0.717, 1.165) is 18.5 Å². The van der Waals surface area contributed by atoms with Crippen molar-refractivity contribution in [2.45, 2.75) is 59.0 Å². The van der Waals surface area contributed by atoms with E-state index in [2.05, 4.69) is 52.0 Å². The molecule has 0 aromatic carbocycles. The Hall–Kier alpha value is -0.0800. The lowest BCUT2D eigenvalue weighted by molar-refractivity contribution is 0.217. The molecule has 0 aliphatic heterocycles. The Morgan fingerprint density at radius 2 is 1.94 bits per heavy atom. The highest BCUT2D eigenvalue weighted by molar-refractivity contribution is 4.87. The van der Waals surface area contributed by atoms with E-state index in [9.17, 15) is 0 Å². The predicted octanol–water partition coefficient (Wildman–Crippen LogP) is 2.74. The Morgan fingerprint density at radius 3 is 2.31 bits per heavy atom. The zero-order chi connectivity index (χ0) is 12.3. The van der Waals surface area contributed by atoms with Crippen LogP contribution >= 0.6 is 0 Å². The van der Waals surface area contributed by atoms with Crippen LogP contribution in [0.15, 0.2) is 0 Å². The van der Waals surface area contributed by atoms with Crippen molar-refractivity contribution in [1.82, 2.24) is 10.2 Å². The van der Waals surface area contributed by atoms with E-state index in [1.807, 2.05) is 0 Å². The topological polar surface area (TPSA) is 15.3 Å². The summed E-state index contributed by atoms with van der Waals surface area (Å²) in [7, 11) is 4.37. The molecule has 0 spiro atoms. The molecular formula is C14H30N2. The Bertz CT molecular complexity index is 201. The molecule has 1 aliphatic carbocycles. The summed E-state index contributed by atoms with van der Waals surface area (Å²) < 4.78 is 0. The number of nitrogens with zero attached hydrogens (tertiary/aromatic N) is 1. The van der Waals surface area contributed by atoms with Crippen LogP contribution < -0.4 is 5.32 Å². The minimum Gasteiger partial charge on any atom is -0.312 e. The maximum atomic E-state index is 3.76. The van der Waals surface area contributed by atoms with E-state index in [-0.39, 0.29) is 0 Å². The Kier molecular flexibility index (Phi) is 4.81. The Labute approximate surface area is 102 Å². The standard InChI is InChI=1S/C14H30N2/c1-11(2)13(16(5)6)10-15-12-7-8-14(3,4)9-12/h11-13,15H,7-10H2,1-6H3. The summed E-state index contributed by atoms with van der Waals surface area (Å²) in [6.07, 6.45) is 4.06. The van der Waals surface area contributed by atoms with Crippen molar-refractivity contribution in [3.05, 3.63) is 0 Å². The molecule has 0 aromatic heterocycles. The molecule has 1 rings (SSSR count). The van der Waals surface area contributed by atoms with E-state index in [4.69, 9.17) is 0 Å². The first kappa shape index (κ1) is 14.0. The highest BCUT2D eigenvalue weighted by atomic mass is 15.1. The molecule has 0 bridgehead atoms. The molecule has 96 valence electrons. The summed E-state index contributed by atoms with van der Waals surface area (Å²) >= 11 is 0. The van der Waals surface area contributed by atoms with Gasteiger partial charge in [0.2, 0.25) is 0 Å². The molecule has 1 fully saturated rings. The van der Waals surface area contributed by atoms with Crippen LogP contribution in [0.25, 0.3) is 0 Å². The van der Waals surface area contributed by atoms with Gasteiger partial charge in [0.05, 0.1) is 0 Å². The van der Waals surface area contributed by atoms with Gasteiger partial charge >= 0.3 is 0 Å². The van der Waals surface area contributed by atoms with Gasteiger partial charge in [0.25, 0.3) is 0 Å². The van der Waals surface area contributed by atoms with Gasteiger partial charge in [-0.1, -0.05) is 27.7 Å². The molecular weight excluding hydrogens is 196 g/mol. The van der Waals surface area contributed by atoms with Crippen LogP contribution in [0.4, 0.5) is 0 Å². The molecule has 0 saturated heterocycles. The van der Waals surface area contributed by atoms with Gasteiger partial charge in [0.15, 0.2) is 0 Å². The van der Waals surface area contributed by atoms with E-state index >= 15 is 0 Å². The quantitative estimate of drug-likeness (QED) is 0.775. The molecule has 2 nitrogen and oxygen atoms in total. The SMILES string of the molecule is CC(C)C(CNC1CCC(C)(C)C1)N(C)C. The molecule has 2 heteroatoms. The number of hydrogen-bond acceptors (Lipinski definition) is 2. The molecule has 1 saturated carbocycles. The van der Waals surface area contributed by atoms with E-state index < -0.39 is 0 Å². The molecule has 0 radical (unpaired) electrons. The highest BCUT2D eigenvalue weighted by Gasteiger charge is 2.31. The number of likely N-dealkylation sites (N-methyl/N-ethyl adjacent to an activating group) is 1. The van der Waals surface area contributed by atoms with E-state index in [1.165, 1.54) is 19.3 Å². The van der Waals surface area contributed by atoms with E-state index in [1.54, 1.807) is 0 Å². The molecule has 16 heavy (non-hydrogen) atoms. The van der Waals surface area contributed by atoms with Crippen molar-refractivity contribution in [3.8, 4) is 0 Å².